The van der Waals surface area contributed by atoms with Crippen molar-refractivity contribution in [2.24, 2.45) is 0 Å². The number of aromatic carboxylic acids is 1. The molecule has 2 heterocycles. The van der Waals surface area contributed by atoms with Crippen LogP contribution in [-0.4, -0.2) is 26.2 Å². The standard InChI is InChI=1S/C11H8N2O3/c14-9-6-12-5-7(10(9)11(15)16)8-3-1-2-4-13-8/h1-6,14H,(H,15,16). The number of carboxylic acid groups (broad SMARTS) is 1. The van der Waals surface area contributed by atoms with Crippen LogP contribution in [0.4, 0.5) is 0 Å². The largest absolute Gasteiger partial charge is 0.505 e. The van der Waals surface area contributed by atoms with Gasteiger partial charge in [0.05, 0.1) is 11.9 Å². The number of hydrogen-bond acceptors (Lipinski definition) is 4. The lowest BCUT2D eigenvalue weighted by molar-refractivity contribution is 0.0694. The molecular formula is C11H8N2O3. The number of carbonyl (C=O) groups is 1. The van der Waals surface area contributed by atoms with Crippen molar-refractivity contribution >= 4 is 5.97 Å². The number of pyridine rings is 2. The minimum atomic E-state index is -1.21. The van der Waals surface area contributed by atoms with Crippen molar-refractivity contribution < 1.29 is 15.0 Å². The van der Waals surface area contributed by atoms with E-state index in [-0.39, 0.29) is 11.3 Å². The maximum atomic E-state index is 11.0. The fourth-order valence-electron chi connectivity index (χ4n) is 1.39. The zero-order valence-corrected chi connectivity index (χ0v) is 8.16. The molecule has 5 heteroatoms. The van der Waals surface area contributed by atoms with Crippen LogP contribution < -0.4 is 0 Å². The van der Waals surface area contributed by atoms with Gasteiger partial charge in [0.15, 0.2) is 0 Å². The second-order valence-corrected chi connectivity index (χ2v) is 3.10. The highest BCUT2D eigenvalue weighted by Gasteiger charge is 2.17. The molecule has 0 aliphatic rings. The van der Waals surface area contributed by atoms with Gasteiger partial charge in [0.2, 0.25) is 0 Å². The first-order chi connectivity index (χ1) is 7.70. The molecule has 0 spiro atoms. The third-order valence-electron chi connectivity index (χ3n) is 2.08. The van der Waals surface area contributed by atoms with Crippen LogP contribution >= 0.6 is 0 Å². The Balaban J connectivity index is 2.66. The maximum absolute atomic E-state index is 11.0. The van der Waals surface area contributed by atoms with Crippen molar-refractivity contribution in [2.45, 2.75) is 0 Å². The first-order valence-corrected chi connectivity index (χ1v) is 4.52. The normalized spacial score (nSPS) is 10.0. The van der Waals surface area contributed by atoms with Crippen LogP contribution in [0.2, 0.25) is 0 Å². The summed E-state index contributed by atoms with van der Waals surface area (Å²) < 4.78 is 0. The van der Waals surface area contributed by atoms with Gasteiger partial charge in [0.1, 0.15) is 11.3 Å². The van der Waals surface area contributed by atoms with Crippen LogP contribution in [0, 0.1) is 0 Å². The van der Waals surface area contributed by atoms with Crippen LogP contribution in [0.1, 0.15) is 10.4 Å². The van der Waals surface area contributed by atoms with Crippen molar-refractivity contribution in [1.29, 1.82) is 0 Å². The molecule has 0 atom stereocenters. The smallest absolute Gasteiger partial charge is 0.340 e. The Morgan fingerprint density at radius 2 is 2.06 bits per heavy atom. The van der Waals surface area contributed by atoms with E-state index in [0.29, 0.717) is 11.3 Å². The summed E-state index contributed by atoms with van der Waals surface area (Å²) in [6.07, 6.45) is 4.01. The Bertz CT molecular complexity index is 526. The van der Waals surface area contributed by atoms with Crippen molar-refractivity contribution in [2.75, 3.05) is 0 Å². The number of aromatic nitrogens is 2. The van der Waals surface area contributed by atoms with E-state index in [9.17, 15) is 9.90 Å². The molecule has 2 aromatic rings. The summed E-state index contributed by atoms with van der Waals surface area (Å²) in [5.74, 6) is -1.57. The van der Waals surface area contributed by atoms with E-state index in [0.717, 1.165) is 6.20 Å². The molecule has 2 rings (SSSR count). The molecule has 0 fully saturated rings. The van der Waals surface area contributed by atoms with Crippen LogP contribution in [0.15, 0.2) is 36.8 Å². The highest BCUT2D eigenvalue weighted by molar-refractivity contribution is 5.97. The summed E-state index contributed by atoms with van der Waals surface area (Å²) in [6.45, 7) is 0. The van der Waals surface area contributed by atoms with Crippen molar-refractivity contribution in [3.8, 4) is 17.0 Å². The lowest BCUT2D eigenvalue weighted by Gasteiger charge is -2.05. The first kappa shape index (κ1) is 10.1. The molecule has 0 aromatic carbocycles. The van der Waals surface area contributed by atoms with Gasteiger partial charge in [0, 0.05) is 18.0 Å². The van der Waals surface area contributed by atoms with E-state index in [1.165, 1.54) is 6.20 Å². The molecule has 2 N–H and O–H groups in total. The van der Waals surface area contributed by atoms with Crippen molar-refractivity contribution in [1.82, 2.24) is 9.97 Å². The molecule has 0 aliphatic carbocycles. The van der Waals surface area contributed by atoms with E-state index in [4.69, 9.17) is 5.11 Å². The SMILES string of the molecule is O=C(O)c1c(O)cncc1-c1ccccn1. The molecule has 2 aromatic heterocycles. The Hall–Kier alpha value is -2.43. The minimum absolute atomic E-state index is 0.186. The van der Waals surface area contributed by atoms with Gasteiger partial charge >= 0.3 is 5.97 Å². The van der Waals surface area contributed by atoms with Gasteiger partial charge in [-0.15, -0.1) is 0 Å². The quantitative estimate of drug-likeness (QED) is 0.795. The third kappa shape index (κ3) is 1.70. The highest BCUT2D eigenvalue weighted by Crippen LogP contribution is 2.27. The van der Waals surface area contributed by atoms with Crippen LogP contribution in [0.3, 0.4) is 0 Å². The average molecular weight is 216 g/mol. The Labute approximate surface area is 91.0 Å². The first-order valence-electron chi connectivity index (χ1n) is 4.52. The highest BCUT2D eigenvalue weighted by atomic mass is 16.4. The monoisotopic (exact) mass is 216 g/mol. The lowest BCUT2D eigenvalue weighted by Crippen LogP contribution is -2.01. The van der Waals surface area contributed by atoms with E-state index in [2.05, 4.69) is 9.97 Å². The van der Waals surface area contributed by atoms with Gasteiger partial charge in [-0.05, 0) is 12.1 Å². The van der Waals surface area contributed by atoms with Gasteiger partial charge < -0.3 is 10.2 Å². The number of nitrogens with zero attached hydrogens (tertiary/aromatic N) is 2. The van der Waals surface area contributed by atoms with Gasteiger partial charge in [-0.3, -0.25) is 9.97 Å². The van der Waals surface area contributed by atoms with Crippen molar-refractivity contribution in [3.63, 3.8) is 0 Å². The molecule has 0 aliphatic heterocycles. The molecular weight excluding hydrogens is 208 g/mol. The fraction of sp³-hybridized carbons (Fsp3) is 0. The molecule has 0 bridgehead atoms. The zero-order valence-electron chi connectivity index (χ0n) is 8.16. The third-order valence-corrected chi connectivity index (χ3v) is 2.08. The molecule has 16 heavy (non-hydrogen) atoms. The molecule has 0 radical (unpaired) electrons. The zero-order chi connectivity index (χ0) is 11.5. The van der Waals surface area contributed by atoms with E-state index in [1.54, 1.807) is 24.4 Å². The summed E-state index contributed by atoms with van der Waals surface area (Å²) in [5, 5.41) is 18.4. The summed E-state index contributed by atoms with van der Waals surface area (Å²) in [7, 11) is 0. The van der Waals surface area contributed by atoms with Gasteiger partial charge in [-0.25, -0.2) is 4.79 Å². The average Bonchev–Trinajstić information content (AvgIpc) is 2.29. The number of carboxylic acids is 1. The fourth-order valence-corrected chi connectivity index (χ4v) is 1.39. The second kappa shape index (κ2) is 3.98. The lowest BCUT2D eigenvalue weighted by atomic mass is 10.1. The van der Waals surface area contributed by atoms with E-state index in [1.807, 2.05) is 0 Å². The Morgan fingerprint density at radius 1 is 1.25 bits per heavy atom. The maximum Gasteiger partial charge on any atom is 0.340 e. The van der Waals surface area contributed by atoms with Gasteiger partial charge in [-0.1, -0.05) is 6.07 Å². The van der Waals surface area contributed by atoms with Crippen molar-refractivity contribution in [3.05, 3.63) is 42.4 Å². The van der Waals surface area contributed by atoms with E-state index < -0.39 is 5.97 Å². The second-order valence-electron chi connectivity index (χ2n) is 3.10. The molecule has 0 unspecified atom stereocenters. The van der Waals surface area contributed by atoms with Gasteiger partial charge in [-0.2, -0.15) is 0 Å². The Morgan fingerprint density at radius 3 is 2.69 bits per heavy atom. The molecule has 80 valence electrons. The summed E-state index contributed by atoms with van der Waals surface area (Å²) in [5.41, 5.74) is 0.574. The Kier molecular flexibility index (Phi) is 2.51. The molecule has 0 saturated carbocycles. The van der Waals surface area contributed by atoms with Crippen LogP contribution in [-0.2, 0) is 0 Å². The van der Waals surface area contributed by atoms with Crippen LogP contribution in [0.5, 0.6) is 5.75 Å². The minimum Gasteiger partial charge on any atom is -0.505 e. The number of rotatable bonds is 2. The van der Waals surface area contributed by atoms with Gasteiger partial charge in [0.25, 0.3) is 0 Å². The topological polar surface area (TPSA) is 83.3 Å². The predicted octanol–water partition coefficient (Wildman–Crippen LogP) is 1.55. The predicted molar refractivity (Wildman–Crippen MR) is 56.1 cm³/mol. The summed E-state index contributed by atoms with van der Waals surface area (Å²) >= 11 is 0. The number of aromatic hydroxyl groups is 1. The van der Waals surface area contributed by atoms with E-state index >= 15 is 0 Å². The summed E-state index contributed by atoms with van der Waals surface area (Å²) in [4.78, 5) is 18.8. The molecule has 0 amide bonds. The summed E-state index contributed by atoms with van der Waals surface area (Å²) in [6, 6.07) is 5.11. The number of hydrogen-bond donors (Lipinski definition) is 2. The molecule has 0 saturated heterocycles. The molecule has 5 nitrogen and oxygen atoms in total. The van der Waals surface area contributed by atoms with Crippen LogP contribution in [0.25, 0.3) is 11.3 Å².